The molecule has 0 unspecified atom stereocenters. The third kappa shape index (κ3) is 5.64. The molecule has 5 heteroatoms. The van der Waals surface area contributed by atoms with Crippen molar-refractivity contribution in [2.75, 3.05) is 12.4 Å². The summed E-state index contributed by atoms with van der Waals surface area (Å²) in [7, 11) is 1.60. The Morgan fingerprint density at radius 3 is 2.07 bits per heavy atom. The van der Waals surface area contributed by atoms with Crippen molar-refractivity contribution in [1.82, 2.24) is 0 Å². The number of para-hydroxylation sites is 1. The number of carboxylic acids is 1. The molecule has 0 saturated heterocycles. The van der Waals surface area contributed by atoms with E-state index in [0.717, 1.165) is 22.6 Å². The van der Waals surface area contributed by atoms with Crippen LogP contribution in [0.3, 0.4) is 0 Å². The second-order valence-electron chi connectivity index (χ2n) is 6.84. The molecule has 0 heterocycles. The van der Waals surface area contributed by atoms with E-state index < -0.39 is 18.1 Å². The molecule has 154 valence electrons. The van der Waals surface area contributed by atoms with Crippen molar-refractivity contribution >= 4 is 17.7 Å². The third-order valence-electron chi connectivity index (χ3n) is 4.65. The first kappa shape index (κ1) is 21.0. The minimum atomic E-state index is -1.13. The average molecular weight is 403 g/mol. The first-order valence-electron chi connectivity index (χ1n) is 9.65. The molecule has 0 bridgehead atoms. The van der Waals surface area contributed by atoms with Gasteiger partial charge in [0.25, 0.3) is 0 Å². The molecule has 0 amide bonds. The molecule has 5 nitrogen and oxygen atoms in total. The summed E-state index contributed by atoms with van der Waals surface area (Å²) < 4.78 is 11.1. The van der Waals surface area contributed by atoms with Crippen molar-refractivity contribution in [2.45, 2.75) is 19.1 Å². The second kappa shape index (κ2) is 10.2. The quantitative estimate of drug-likeness (QED) is 0.520. The lowest BCUT2D eigenvalue weighted by Crippen LogP contribution is -2.44. The maximum atomic E-state index is 12.2. The molecule has 3 aromatic rings. The highest BCUT2D eigenvalue weighted by Gasteiger charge is 2.31. The minimum absolute atomic E-state index is 0.499. The number of rotatable bonds is 9. The van der Waals surface area contributed by atoms with Gasteiger partial charge in [0.15, 0.2) is 0 Å². The lowest BCUT2D eigenvalue weighted by atomic mass is 9.99. The first-order valence-corrected chi connectivity index (χ1v) is 9.65. The Bertz CT molecular complexity index is 969. The molecule has 0 aliphatic heterocycles. The molecular weight excluding hydrogens is 378 g/mol. The van der Waals surface area contributed by atoms with E-state index >= 15 is 0 Å². The number of aliphatic carboxylic acids is 1. The number of hydrogen-bond acceptors (Lipinski definition) is 4. The van der Waals surface area contributed by atoms with E-state index in [2.05, 4.69) is 5.32 Å². The number of nitrogens with one attached hydrogen (secondary N) is 1. The summed E-state index contributed by atoms with van der Waals surface area (Å²) in [4.78, 5) is 12.2. The molecule has 3 rings (SSSR count). The van der Waals surface area contributed by atoms with Gasteiger partial charge in [-0.05, 0) is 54.5 Å². The number of hydrogen-bond donors (Lipinski definition) is 2. The summed E-state index contributed by atoms with van der Waals surface area (Å²) in [6.07, 6.45) is 0.834. The van der Waals surface area contributed by atoms with Gasteiger partial charge in [-0.15, -0.1) is 0 Å². The number of benzene rings is 3. The number of methoxy groups -OCH3 is 1. The summed E-state index contributed by atoms with van der Waals surface area (Å²) in [5.74, 6) is 0.175. The summed E-state index contributed by atoms with van der Waals surface area (Å²) in [6.45, 7) is 1.90. The Morgan fingerprint density at radius 2 is 1.50 bits per heavy atom. The molecule has 0 radical (unpaired) electrons. The first-order chi connectivity index (χ1) is 14.6. The molecule has 0 spiro atoms. The third-order valence-corrected chi connectivity index (χ3v) is 4.65. The van der Waals surface area contributed by atoms with Gasteiger partial charge in [0.1, 0.15) is 11.5 Å². The van der Waals surface area contributed by atoms with Crippen molar-refractivity contribution in [3.05, 3.63) is 96.1 Å². The van der Waals surface area contributed by atoms with Crippen LogP contribution in [-0.2, 0) is 4.79 Å². The zero-order valence-electron chi connectivity index (χ0n) is 17.0. The number of carboxylic acid groups (broad SMARTS) is 1. The molecule has 0 aliphatic carbocycles. The van der Waals surface area contributed by atoms with Gasteiger partial charge < -0.3 is 19.9 Å². The lowest BCUT2D eigenvalue weighted by Gasteiger charge is -2.28. The van der Waals surface area contributed by atoms with Gasteiger partial charge in [-0.25, -0.2) is 4.79 Å². The standard InChI is InChI=1S/C25H25NO4/c1-18(17-19-9-5-3-6-10-19)23(26-20-13-15-21(29-2)16-14-20)24(25(27)28)30-22-11-7-4-8-12-22/h3-17,23-24,26H,1-2H3,(H,27,28)/b18-17+/t23-,24-/m1/s1. The van der Waals surface area contributed by atoms with Crippen LogP contribution in [0, 0.1) is 0 Å². The number of ether oxygens (including phenoxy) is 2. The van der Waals surface area contributed by atoms with Gasteiger partial charge >= 0.3 is 5.97 Å². The number of carbonyl (C=O) groups is 1. The van der Waals surface area contributed by atoms with Crippen molar-refractivity contribution in [1.29, 1.82) is 0 Å². The maximum absolute atomic E-state index is 12.2. The van der Waals surface area contributed by atoms with Crippen molar-refractivity contribution in [2.24, 2.45) is 0 Å². The Labute approximate surface area is 176 Å². The summed E-state index contributed by atoms with van der Waals surface area (Å²) in [6, 6.07) is 25.5. The fourth-order valence-electron chi connectivity index (χ4n) is 3.10. The second-order valence-corrected chi connectivity index (χ2v) is 6.84. The van der Waals surface area contributed by atoms with Crippen molar-refractivity contribution in [3.63, 3.8) is 0 Å². The van der Waals surface area contributed by atoms with Crippen LogP contribution in [-0.4, -0.2) is 30.3 Å². The van der Waals surface area contributed by atoms with Gasteiger partial charge in [0, 0.05) is 5.69 Å². The molecule has 2 N–H and O–H groups in total. The molecule has 2 atom stereocenters. The van der Waals surface area contributed by atoms with Crippen LogP contribution >= 0.6 is 0 Å². The van der Waals surface area contributed by atoms with Crippen molar-refractivity contribution in [3.8, 4) is 11.5 Å². The van der Waals surface area contributed by atoms with Crippen LogP contribution < -0.4 is 14.8 Å². The smallest absolute Gasteiger partial charge is 0.347 e. The van der Waals surface area contributed by atoms with E-state index in [9.17, 15) is 9.90 Å². The van der Waals surface area contributed by atoms with E-state index in [1.54, 1.807) is 19.2 Å². The van der Waals surface area contributed by atoms with E-state index in [1.165, 1.54) is 0 Å². The monoisotopic (exact) mass is 403 g/mol. The van der Waals surface area contributed by atoms with E-state index in [0.29, 0.717) is 5.75 Å². The SMILES string of the molecule is COc1ccc(N[C@H](/C(C)=C/c2ccccc2)[C@@H](Oc2ccccc2)C(=O)O)cc1. The Balaban J connectivity index is 1.95. The maximum Gasteiger partial charge on any atom is 0.347 e. The van der Waals surface area contributed by atoms with Gasteiger partial charge in [-0.2, -0.15) is 0 Å². The minimum Gasteiger partial charge on any atom is -0.497 e. The van der Waals surface area contributed by atoms with Crippen LogP contribution in [0.4, 0.5) is 5.69 Å². The highest BCUT2D eigenvalue weighted by atomic mass is 16.5. The molecule has 30 heavy (non-hydrogen) atoms. The van der Waals surface area contributed by atoms with Crippen LogP contribution in [0.5, 0.6) is 11.5 Å². The highest BCUT2D eigenvalue weighted by Crippen LogP contribution is 2.23. The molecule has 3 aromatic carbocycles. The fourth-order valence-corrected chi connectivity index (χ4v) is 3.10. The van der Waals surface area contributed by atoms with Gasteiger partial charge in [-0.3, -0.25) is 0 Å². The largest absolute Gasteiger partial charge is 0.497 e. The summed E-state index contributed by atoms with van der Waals surface area (Å²) in [5.41, 5.74) is 2.59. The zero-order chi connectivity index (χ0) is 21.3. The highest BCUT2D eigenvalue weighted by molar-refractivity contribution is 5.76. The predicted octanol–water partition coefficient (Wildman–Crippen LogP) is 5.11. The van der Waals surface area contributed by atoms with Crippen LogP contribution in [0.1, 0.15) is 12.5 Å². The van der Waals surface area contributed by atoms with Gasteiger partial charge in [0.2, 0.25) is 6.10 Å². The van der Waals surface area contributed by atoms with Gasteiger partial charge in [-0.1, -0.05) is 54.6 Å². The molecule has 0 aliphatic rings. The summed E-state index contributed by atoms with van der Waals surface area (Å²) >= 11 is 0. The van der Waals surface area contributed by atoms with Crippen LogP contribution in [0.2, 0.25) is 0 Å². The zero-order valence-corrected chi connectivity index (χ0v) is 17.0. The van der Waals surface area contributed by atoms with E-state index in [-0.39, 0.29) is 0 Å². The lowest BCUT2D eigenvalue weighted by molar-refractivity contribution is -0.145. The average Bonchev–Trinajstić information content (AvgIpc) is 2.77. The Morgan fingerprint density at radius 1 is 0.900 bits per heavy atom. The normalized spacial score (nSPS) is 13.2. The predicted molar refractivity (Wildman–Crippen MR) is 119 cm³/mol. The van der Waals surface area contributed by atoms with Gasteiger partial charge in [0.05, 0.1) is 13.2 Å². The van der Waals surface area contributed by atoms with Crippen LogP contribution in [0.15, 0.2) is 90.5 Å². The van der Waals surface area contributed by atoms with E-state index in [1.807, 2.05) is 85.8 Å². The van der Waals surface area contributed by atoms with E-state index in [4.69, 9.17) is 9.47 Å². The van der Waals surface area contributed by atoms with Crippen molar-refractivity contribution < 1.29 is 19.4 Å². The molecule has 0 saturated carbocycles. The van der Waals surface area contributed by atoms with Crippen LogP contribution in [0.25, 0.3) is 6.08 Å². The Kier molecular flexibility index (Phi) is 7.11. The Hall–Kier alpha value is -3.73. The summed E-state index contributed by atoms with van der Waals surface area (Å²) in [5, 5.41) is 13.3. The molecule has 0 aromatic heterocycles. The molecular formula is C25H25NO4. The number of anilines is 1. The fraction of sp³-hybridized carbons (Fsp3) is 0.160. The molecule has 0 fully saturated rings. The topological polar surface area (TPSA) is 67.8 Å².